The molecule has 1 aromatic heterocycles. The summed E-state index contributed by atoms with van der Waals surface area (Å²) in [6.45, 7) is 3.40. The molecule has 0 spiro atoms. The number of benzene rings is 2. The predicted octanol–water partition coefficient (Wildman–Crippen LogP) is 3.94. The van der Waals surface area contributed by atoms with E-state index in [1.54, 1.807) is 30.6 Å². The van der Waals surface area contributed by atoms with Crippen molar-refractivity contribution in [1.82, 2.24) is 14.9 Å². The molecule has 0 radical (unpaired) electrons. The van der Waals surface area contributed by atoms with Crippen LogP contribution in [-0.4, -0.2) is 42.2 Å². The number of aryl methyl sites for hydroxylation is 1. The summed E-state index contributed by atoms with van der Waals surface area (Å²) < 4.78 is 31.3. The standard InChI is InChI=1S/C24H28N4O4S/c1-2-3-14-25-24(29)27-21-13-8-7-12-20(21)23(33(30)31)32-16-9-15-28-17-22(26-18-28)19-10-5-4-6-11-19/h4-8,10-13,17-18H,2-3,9,14-16H2,1H3,(H2,25,27,29). The molecule has 0 aliphatic heterocycles. The average Bonchev–Trinajstić information content (AvgIpc) is 3.29. The van der Waals surface area contributed by atoms with E-state index in [4.69, 9.17) is 4.74 Å². The molecular formula is C24H28N4O4S. The fraction of sp³-hybridized carbons (Fsp3) is 0.292. The van der Waals surface area contributed by atoms with Crippen molar-refractivity contribution in [3.05, 3.63) is 72.7 Å². The van der Waals surface area contributed by atoms with Crippen LogP contribution in [0.2, 0.25) is 0 Å². The van der Waals surface area contributed by atoms with E-state index in [9.17, 15) is 13.2 Å². The Morgan fingerprint density at radius 1 is 1.06 bits per heavy atom. The van der Waals surface area contributed by atoms with E-state index < -0.39 is 10.3 Å². The number of hydrogen-bond acceptors (Lipinski definition) is 5. The molecule has 0 aliphatic carbocycles. The zero-order valence-corrected chi connectivity index (χ0v) is 19.3. The minimum absolute atomic E-state index is 0.194. The highest BCUT2D eigenvalue weighted by atomic mass is 32.2. The van der Waals surface area contributed by atoms with Gasteiger partial charge in [0.15, 0.2) is 0 Å². The van der Waals surface area contributed by atoms with Gasteiger partial charge in [-0.3, -0.25) is 0 Å². The number of nitrogens with one attached hydrogen (secondary N) is 2. The van der Waals surface area contributed by atoms with Crippen LogP contribution in [0, 0.1) is 0 Å². The number of carbonyl (C=O) groups is 1. The van der Waals surface area contributed by atoms with Gasteiger partial charge >= 0.3 is 6.03 Å². The highest BCUT2D eigenvalue weighted by molar-refractivity contribution is 7.73. The Morgan fingerprint density at radius 3 is 2.58 bits per heavy atom. The lowest BCUT2D eigenvalue weighted by Crippen LogP contribution is -2.30. The summed E-state index contributed by atoms with van der Waals surface area (Å²) in [6, 6.07) is 16.2. The summed E-state index contributed by atoms with van der Waals surface area (Å²) in [5.41, 5.74) is 2.59. The van der Waals surface area contributed by atoms with E-state index in [-0.39, 0.29) is 17.7 Å². The first kappa shape index (κ1) is 24.2. The third-order valence-corrected chi connectivity index (χ3v) is 5.50. The van der Waals surface area contributed by atoms with Crippen molar-refractivity contribution >= 4 is 27.1 Å². The molecule has 2 aromatic carbocycles. The second-order valence-electron chi connectivity index (χ2n) is 7.37. The number of carbonyl (C=O) groups excluding carboxylic acids is 1. The Labute approximate surface area is 195 Å². The van der Waals surface area contributed by atoms with Crippen LogP contribution >= 0.6 is 0 Å². The van der Waals surface area contributed by atoms with Gasteiger partial charge in [-0.1, -0.05) is 55.8 Å². The molecule has 2 amide bonds. The number of imidazole rings is 1. The van der Waals surface area contributed by atoms with Gasteiger partial charge in [-0.15, -0.1) is 0 Å². The van der Waals surface area contributed by atoms with Gasteiger partial charge in [-0.25, -0.2) is 9.78 Å². The molecular weight excluding hydrogens is 440 g/mol. The average molecular weight is 469 g/mol. The maximum atomic E-state index is 12.1. The first-order chi connectivity index (χ1) is 16.1. The van der Waals surface area contributed by atoms with Crippen molar-refractivity contribution in [1.29, 1.82) is 0 Å². The summed E-state index contributed by atoms with van der Waals surface area (Å²) in [6.07, 6.45) is 6.10. The van der Waals surface area contributed by atoms with Gasteiger partial charge in [0, 0.05) is 30.4 Å². The molecule has 0 unspecified atom stereocenters. The molecule has 2 N–H and O–H groups in total. The Morgan fingerprint density at radius 2 is 1.82 bits per heavy atom. The van der Waals surface area contributed by atoms with Crippen molar-refractivity contribution in [2.24, 2.45) is 0 Å². The largest absolute Gasteiger partial charge is 0.338 e. The summed E-state index contributed by atoms with van der Waals surface area (Å²) in [5, 5.41) is 5.25. The number of nitrogens with zero attached hydrogens (tertiary/aromatic N) is 2. The fourth-order valence-electron chi connectivity index (χ4n) is 3.18. The Balaban J connectivity index is 1.58. The van der Waals surface area contributed by atoms with Gasteiger partial charge in [-0.05, 0) is 25.0 Å². The smallest absolute Gasteiger partial charge is 0.319 e. The molecule has 0 saturated carbocycles. The van der Waals surface area contributed by atoms with E-state index in [0.717, 1.165) is 24.1 Å². The van der Waals surface area contributed by atoms with Crippen LogP contribution in [0.5, 0.6) is 0 Å². The zero-order valence-electron chi connectivity index (χ0n) is 18.5. The Hall–Kier alpha value is -3.43. The quantitative estimate of drug-likeness (QED) is 0.347. The van der Waals surface area contributed by atoms with Crippen molar-refractivity contribution in [3.8, 4) is 11.3 Å². The van der Waals surface area contributed by atoms with Gasteiger partial charge in [0.25, 0.3) is 0 Å². The lowest BCUT2D eigenvalue weighted by atomic mass is 10.2. The van der Waals surface area contributed by atoms with Crippen molar-refractivity contribution in [3.63, 3.8) is 0 Å². The number of aromatic nitrogens is 2. The minimum atomic E-state index is -2.60. The number of ether oxygens (including phenoxy) is 1. The van der Waals surface area contributed by atoms with Crippen LogP contribution in [0.3, 0.4) is 0 Å². The van der Waals surface area contributed by atoms with Gasteiger partial charge in [0.2, 0.25) is 15.3 Å². The maximum absolute atomic E-state index is 12.1. The van der Waals surface area contributed by atoms with Crippen LogP contribution in [0.4, 0.5) is 10.5 Å². The van der Waals surface area contributed by atoms with E-state index >= 15 is 0 Å². The molecule has 1 heterocycles. The molecule has 3 rings (SSSR count). The third kappa shape index (κ3) is 7.30. The number of urea groups is 1. The second-order valence-corrected chi connectivity index (χ2v) is 8.21. The lowest BCUT2D eigenvalue weighted by Gasteiger charge is -2.12. The van der Waals surface area contributed by atoms with E-state index in [2.05, 4.69) is 15.6 Å². The first-order valence-corrected chi connectivity index (χ1v) is 12.0. The summed E-state index contributed by atoms with van der Waals surface area (Å²) in [7, 11) is -2.60. The summed E-state index contributed by atoms with van der Waals surface area (Å²) in [5.74, 6) is 0. The lowest BCUT2D eigenvalue weighted by molar-refractivity contribution is 0.252. The monoisotopic (exact) mass is 468 g/mol. The SMILES string of the molecule is CCCCNC(=O)Nc1ccccc1C(OCCCn1cnc(-c2ccccc2)c1)=S(=O)=O. The van der Waals surface area contributed by atoms with Gasteiger partial charge < -0.3 is 19.9 Å². The Kier molecular flexibility index (Phi) is 9.22. The van der Waals surface area contributed by atoms with E-state index in [1.165, 1.54) is 0 Å². The highest BCUT2D eigenvalue weighted by Crippen LogP contribution is 2.18. The summed E-state index contributed by atoms with van der Waals surface area (Å²) in [4.78, 5) is 16.5. The molecule has 0 atom stereocenters. The molecule has 0 saturated heterocycles. The van der Waals surface area contributed by atoms with Gasteiger partial charge in [0.05, 0.1) is 24.3 Å². The van der Waals surface area contributed by atoms with Crippen molar-refractivity contribution in [2.75, 3.05) is 18.5 Å². The molecule has 33 heavy (non-hydrogen) atoms. The molecule has 9 heteroatoms. The maximum Gasteiger partial charge on any atom is 0.319 e. The molecule has 8 nitrogen and oxygen atoms in total. The zero-order chi connectivity index (χ0) is 23.5. The van der Waals surface area contributed by atoms with Gasteiger partial charge in [0.1, 0.15) is 0 Å². The van der Waals surface area contributed by atoms with Crippen molar-refractivity contribution in [2.45, 2.75) is 32.7 Å². The van der Waals surface area contributed by atoms with Crippen LogP contribution in [0.25, 0.3) is 11.3 Å². The molecule has 0 bridgehead atoms. The number of amides is 2. The molecule has 0 aliphatic rings. The number of hydrogen-bond donors (Lipinski definition) is 2. The topological polar surface area (TPSA) is 102 Å². The number of para-hydroxylation sites is 1. The number of rotatable bonds is 10. The number of anilines is 1. The molecule has 3 aromatic rings. The van der Waals surface area contributed by atoms with E-state index in [1.807, 2.05) is 48.0 Å². The number of unbranched alkanes of at least 4 members (excludes halogenated alkanes) is 1. The van der Waals surface area contributed by atoms with Crippen LogP contribution in [0.1, 0.15) is 31.7 Å². The van der Waals surface area contributed by atoms with Crippen LogP contribution in [-0.2, 0) is 21.6 Å². The summed E-state index contributed by atoms with van der Waals surface area (Å²) >= 11 is 0. The van der Waals surface area contributed by atoms with Crippen molar-refractivity contribution < 1.29 is 17.9 Å². The highest BCUT2D eigenvalue weighted by Gasteiger charge is 2.14. The van der Waals surface area contributed by atoms with Crippen LogP contribution < -0.4 is 10.6 Å². The minimum Gasteiger partial charge on any atom is -0.338 e. The molecule has 0 fully saturated rings. The van der Waals surface area contributed by atoms with E-state index in [0.29, 0.717) is 30.8 Å². The first-order valence-electron chi connectivity index (χ1n) is 10.9. The molecule has 174 valence electrons. The third-order valence-electron chi connectivity index (χ3n) is 4.86. The van der Waals surface area contributed by atoms with Gasteiger partial charge in [-0.2, -0.15) is 8.42 Å². The normalized spacial score (nSPS) is 10.6. The van der Waals surface area contributed by atoms with Crippen LogP contribution in [0.15, 0.2) is 67.1 Å². The fourth-order valence-corrected chi connectivity index (χ4v) is 3.72. The predicted molar refractivity (Wildman–Crippen MR) is 130 cm³/mol. The second kappa shape index (κ2) is 12.6. The Bertz CT molecular complexity index is 1180.